The molecule has 0 aliphatic carbocycles. The van der Waals surface area contributed by atoms with Gasteiger partial charge < -0.3 is 4.74 Å². The maximum Gasteiger partial charge on any atom is 0.340 e. The van der Waals surface area contributed by atoms with E-state index in [1.54, 1.807) is 29.6 Å². The Morgan fingerprint density at radius 3 is 2.55 bits per heavy atom. The van der Waals surface area contributed by atoms with Gasteiger partial charge in [0, 0.05) is 0 Å². The Hall–Kier alpha value is -2.19. The summed E-state index contributed by atoms with van der Waals surface area (Å²) in [5.41, 5.74) is 0.158. The van der Waals surface area contributed by atoms with Crippen LogP contribution in [0, 0.1) is 0 Å². The molecule has 0 aliphatic rings. The molecule has 0 bridgehead atoms. The number of ketones is 1. The largest absolute Gasteiger partial charge is 0.454 e. The minimum absolute atomic E-state index is 0.0481. The molecule has 0 radical (unpaired) electrons. The molecule has 6 nitrogen and oxygen atoms in total. The van der Waals surface area contributed by atoms with Crippen molar-refractivity contribution in [2.75, 3.05) is 17.6 Å². The number of hydrogen-bond acceptors (Lipinski definition) is 6. The summed E-state index contributed by atoms with van der Waals surface area (Å²) in [6.45, 7) is -0.396. The predicted molar refractivity (Wildman–Crippen MR) is 83.8 cm³/mol. The zero-order valence-corrected chi connectivity index (χ0v) is 13.2. The van der Waals surface area contributed by atoms with Crippen molar-refractivity contribution < 1.29 is 22.7 Å². The van der Waals surface area contributed by atoms with Crippen molar-refractivity contribution in [3.05, 3.63) is 52.2 Å². The number of carbonyl (C=O) groups is 2. The van der Waals surface area contributed by atoms with Gasteiger partial charge in [-0.1, -0.05) is 18.2 Å². The van der Waals surface area contributed by atoms with E-state index in [-0.39, 0.29) is 17.0 Å². The van der Waals surface area contributed by atoms with Gasteiger partial charge in [-0.2, -0.15) is 0 Å². The van der Waals surface area contributed by atoms with Crippen molar-refractivity contribution >= 4 is 38.8 Å². The van der Waals surface area contributed by atoms with E-state index in [0.717, 1.165) is 6.26 Å². The molecule has 22 heavy (non-hydrogen) atoms. The van der Waals surface area contributed by atoms with Crippen LogP contribution < -0.4 is 4.72 Å². The van der Waals surface area contributed by atoms with E-state index in [9.17, 15) is 18.0 Å². The second-order valence-corrected chi connectivity index (χ2v) is 7.09. The van der Waals surface area contributed by atoms with Gasteiger partial charge >= 0.3 is 5.97 Å². The Balaban J connectivity index is 2.08. The number of anilines is 1. The van der Waals surface area contributed by atoms with E-state index in [1.807, 2.05) is 0 Å². The van der Waals surface area contributed by atoms with Crippen molar-refractivity contribution in [2.24, 2.45) is 0 Å². The van der Waals surface area contributed by atoms with Gasteiger partial charge in [-0.25, -0.2) is 13.2 Å². The van der Waals surface area contributed by atoms with Crippen molar-refractivity contribution in [2.45, 2.75) is 0 Å². The van der Waals surface area contributed by atoms with Gasteiger partial charge in [-0.3, -0.25) is 9.52 Å². The molecule has 2 aromatic rings. The van der Waals surface area contributed by atoms with Crippen LogP contribution in [-0.4, -0.2) is 33.0 Å². The Labute approximate surface area is 131 Å². The molecule has 1 N–H and O–H groups in total. The highest BCUT2D eigenvalue weighted by atomic mass is 32.2. The molecule has 0 spiro atoms. The first-order chi connectivity index (χ1) is 10.4. The van der Waals surface area contributed by atoms with E-state index < -0.39 is 22.6 Å². The minimum Gasteiger partial charge on any atom is -0.454 e. The third-order valence-corrected chi connectivity index (χ3v) is 4.07. The van der Waals surface area contributed by atoms with E-state index in [0.29, 0.717) is 4.88 Å². The maximum atomic E-state index is 12.0. The minimum atomic E-state index is -3.52. The summed E-state index contributed by atoms with van der Waals surface area (Å²) in [5, 5.41) is 1.75. The lowest BCUT2D eigenvalue weighted by molar-refractivity contribution is 0.0477. The number of esters is 1. The second-order valence-electron chi connectivity index (χ2n) is 4.40. The van der Waals surface area contributed by atoms with Crippen LogP contribution in [0.15, 0.2) is 41.8 Å². The number of carbonyl (C=O) groups excluding carboxylic acids is 2. The summed E-state index contributed by atoms with van der Waals surface area (Å²) in [7, 11) is -3.52. The van der Waals surface area contributed by atoms with Crippen LogP contribution >= 0.6 is 11.3 Å². The third-order valence-electron chi connectivity index (χ3n) is 2.57. The van der Waals surface area contributed by atoms with Crippen molar-refractivity contribution in [3.8, 4) is 0 Å². The topological polar surface area (TPSA) is 89.5 Å². The molecular weight excluding hydrogens is 326 g/mol. The van der Waals surface area contributed by atoms with Crippen LogP contribution in [-0.2, 0) is 14.8 Å². The van der Waals surface area contributed by atoms with Crippen LogP contribution in [0.5, 0.6) is 0 Å². The third kappa shape index (κ3) is 4.40. The lowest BCUT2D eigenvalue weighted by Crippen LogP contribution is -2.17. The number of nitrogens with one attached hydrogen (secondary N) is 1. The molecule has 0 amide bonds. The molecule has 0 saturated heterocycles. The van der Waals surface area contributed by atoms with Crippen LogP contribution in [0.2, 0.25) is 0 Å². The van der Waals surface area contributed by atoms with E-state index in [4.69, 9.17) is 4.74 Å². The fourth-order valence-electron chi connectivity index (χ4n) is 1.67. The SMILES string of the molecule is CS(=O)(=O)Nc1ccccc1C(=O)OCC(=O)c1cccs1. The van der Waals surface area contributed by atoms with E-state index >= 15 is 0 Å². The van der Waals surface area contributed by atoms with Crippen LogP contribution in [0.1, 0.15) is 20.0 Å². The first-order valence-corrected chi connectivity index (χ1v) is 8.94. The number of Topliss-reactive ketones (excluding diaryl/α,β-unsaturated/α-hetero) is 1. The summed E-state index contributed by atoms with van der Waals surface area (Å²) in [6, 6.07) is 9.39. The maximum absolute atomic E-state index is 12.0. The molecule has 0 saturated carbocycles. The normalized spacial score (nSPS) is 11.0. The number of thiophene rings is 1. The van der Waals surface area contributed by atoms with E-state index in [1.165, 1.54) is 23.5 Å². The molecule has 1 heterocycles. The Kier molecular flexibility index (Phi) is 4.94. The monoisotopic (exact) mass is 339 g/mol. The Bertz CT molecular complexity index is 781. The summed E-state index contributed by atoms with van der Waals surface area (Å²) >= 11 is 1.26. The van der Waals surface area contributed by atoms with Gasteiger partial charge in [0.25, 0.3) is 0 Å². The number of sulfonamides is 1. The van der Waals surface area contributed by atoms with Gasteiger partial charge in [0.2, 0.25) is 15.8 Å². The number of benzene rings is 1. The van der Waals surface area contributed by atoms with Gasteiger partial charge in [0.15, 0.2) is 6.61 Å². The second kappa shape index (κ2) is 6.71. The first kappa shape index (κ1) is 16.2. The van der Waals surface area contributed by atoms with Gasteiger partial charge in [-0.05, 0) is 23.6 Å². The zero-order valence-electron chi connectivity index (χ0n) is 11.6. The standard InChI is InChI=1S/C14H13NO5S2/c1-22(18,19)15-11-6-3-2-5-10(11)14(17)20-9-12(16)13-7-4-8-21-13/h2-8,15H,9H2,1H3. The summed E-state index contributed by atoms with van der Waals surface area (Å²) in [5.74, 6) is -1.08. The predicted octanol–water partition coefficient (Wildman–Crippen LogP) is 2.16. The summed E-state index contributed by atoms with van der Waals surface area (Å²) < 4.78 is 29.7. The first-order valence-electron chi connectivity index (χ1n) is 6.17. The zero-order chi connectivity index (χ0) is 16.2. The fraction of sp³-hybridized carbons (Fsp3) is 0.143. The fourth-order valence-corrected chi connectivity index (χ4v) is 2.90. The number of rotatable bonds is 6. The lowest BCUT2D eigenvalue weighted by atomic mass is 10.2. The molecule has 1 aromatic carbocycles. The smallest absolute Gasteiger partial charge is 0.340 e. The van der Waals surface area contributed by atoms with Gasteiger partial charge in [0.1, 0.15) is 0 Å². The van der Waals surface area contributed by atoms with Gasteiger partial charge in [0.05, 0.1) is 22.4 Å². The molecule has 0 unspecified atom stereocenters. The number of para-hydroxylation sites is 1. The molecule has 0 aliphatic heterocycles. The molecular formula is C14H13NO5S2. The molecule has 1 aromatic heterocycles. The number of hydrogen-bond donors (Lipinski definition) is 1. The lowest BCUT2D eigenvalue weighted by Gasteiger charge is -2.09. The Morgan fingerprint density at radius 2 is 1.91 bits per heavy atom. The molecule has 2 rings (SSSR count). The van der Waals surface area contributed by atoms with Gasteiger partial charge in [-0.15, -0.1) is 11.3 Å². The van der Waals surface area contributed by atoms with Crippen molar-refractivity contribution in [3.63, 3.8) is 0 Å². The Morgan fingerprint density at radius 1 is 1.18 bits per heavy atom. The average Bonchev–Trinajstić information content (AvgIpc) is 2.97. The molecule has 8 heteroatoms. The van der Waals surface area contributed by atoms with Crippen molar-refractivity contribution in [1.82, 2.24) is 0 Å². The number of ether oxygens (including phenoxy) is 1. The van der Waals surface area contributed by atoms with Crippen LogP contribution in [0.3, 0.4) is 0 Å². The molecule has 116 valence electrons. The molecule has 0 fully saturated rings. The van der Waals surface area contributed by atoms with Crippen LogP contribution in [0.4, 0.5) is 5.69 Å². The van der Waals surface area contributed by atoms with E-state index in [2.05, 4.69) is 4.72 Å². The van der Waals surface area contributed by atoms with Crippen molar-refractivity contribution in [1.29, 1.82) is 0 Å². The summed E-state index contributed by atoms with van der Waals surface area (Å²) in [4.78, 5) is 24.3. The highest BCUT2D eigenvalue weighted by Crippen LogP contribution is 2.18. The highest BCUT2D eigenvalue weighted by molar-refractivity contribution is 7.92. The quantitative estimate of drug-likeness (QED) is 0.643. The van der Waals surface area contributed by atoms with Crippen LogP contribution in [0.25, 0.3) is 0 Å². The summed E-state index contributed by atoms with van der Waals surface area (Å²) in [6.07, 6.45) is 0.982. The average molecular weight is 339 g/mol. The molecule has 0 atom stereocenters. The highest BCUT2D eigenvalue weighted by Gasteiger charge is 2.17.